The van der Waals surface area contributed by atoms with Gasteiger partial charge in [0.05, 0.1) is 4.91 Å². The first-order valence-corrected chi connectivity index (χ1v) is 4.91. The molecule has 2 nitrogen and oxygen atoms in total. The summed E-state index contributed by atoms with van der Waals surface area (Å²) < 4.78 is 20.8. The molecule has 0 aromatic carbocycles. The molecule has 0 aliphatic heterocycles. The summed E-state index contributed by atoms with van der Waals surface area (Å²) in [5.74, 6) is 0. The maximum Gasteiger partial charge on any atom is 0.256 e. The van der Waals surface area contributed by atoms with Crippen LogP contribution in [0.2, 0.25) is 0 Å². The third-order valence-electron chi connectivity index (χ3n) is 0.876. The average Bonchev–Trinajstić information content (AvgIpc) is 1.64. The Morgan fingerprint density at radius 3 is 2.22 bits per heavy atom. The Morgan fingerprint density at radius 2 is 2.11 bits per heavy atom. The molecule has 0 unspecified atom stereocenters. The van der Waals surface area contributed by atoms with E-state index in [0.29, 0.717) is 6.42 Å². The lowest BCUT2D eigenvalue weighted by Crippen LogP contribution is -1.88. The van der Waals surface area contributed by atoms with Crippen LogP contribution in [0.25, 0.3) is 0 Å². The van der Waals surface area contributed by atoms with Gasteiger partial charge >= 0.3 is 0 Å². The van der Waals surface area contributed by atoms with Crippen LogP contribution in [0.1, 0.15) is 20.3 Å². The highest BCUT2D eigenvalue weighted by molar-refractivity contribution is 8.16. The van der Waals surface area contributed by atoms with Crippen LogP contribution in [0, 0.1) is 0 Å². The van der Waals surface area contributed by atoms with Crippen molar-refractivity contribution in [2.24, 2.45) is 0 Å². The molecule has 0 amide bonds. The summed E-state index contributed by atoms with van der Waals surface area (Å²) in [5, 5.41) is 0. The van der Waals surface area contributed by atoms with E-state index in [1.54, 1.807) is 6.08 Å². The molecule has 0 aliphatic rings. The predicted octanol–water partition coefficient (Wildman–Crippen LogP) is 1.87. The van der Waals surface area contributed by atoms with Gasteiger partial charge in [0, 0.05) is 10.7 Å². The van der Waals surface area contributed by atoms with E-state index in [1.807, 2.05) is 6.92 Å². The van der Waals surface area contributed by atoms with Crippen molar-refractivity contribution in [3.63, 3.8) is 0 Å². The van der Waals surface area contributed by atoms with Gasteiger partial charge in [-0.2, -0.15) is 0 Å². The highest BCUT2D eigenvalue weighted by atomic mass is 35.7. The largest absolute Gasteiger partial charge is 0.256 e. The number of hydrogen-bond acceptors (Lipinski definition) is 2. The first-order chi connectivity index (χ1) is 3.98. The predicted molar refractivity (Wildman–Crippen MR) is 38.8 cm³/mol. The Bertz CT molecular complexity index is 203. The molecular formula is C5H9ClO2S. The molecule has 0 rings (SSSR count). The van der Waals surface area contributed by atoms with Crippen LogP contribution in [-0.2, 0) is 9.05 Å². The first-order valence-electron chi connectivity index (χ1n) is 2.60. The Balaban J connectivity index is 4.41. The van der Waals surface area contributed by atoms with Gasteiger partial charge in [-0.15, -0.1) is 0 Å². The summed E-state index contributed by atoms with van der Waals surface area (Å²) in [6, 6.07) is 0. The first kappa shape index (κ1) is 8.98. The lowest BCUT2D eigenvalue weighted by atomic mass is 10.4. The van der Waals surface area contributed by atoms with E-state index in [2.05, 4.69) is 0 Å². The van der Waals surface area contributed by atoms with E-state index >= 15 is 0 Å². The molecule has 0 saturated carbocycles. The van der Waals surface area contributed by atoms with E-state index in [0.717, 1.165) is 0 Å². The van der Waals surface area contributed by atoms with Crippen LogP contribution in [0.15, 0.2) is 11.0 Å². The molecule has 0 fully saturated rings. The Morgan fingerprint density at radius 1 is 1.67 bits per heavy atom. The lowest BCUT2D eigenvalue weighted by Gasteiger charge is -1.90. The van der Waals surface area contributed by atoms with Crippen LogP contribution in [0.4, 0.5) is 0 Å². The number of allylic oxidation sites excluding steroid dienone is 2. The maximum absolute atomic E-state index is 10.4. The van der Waals surface area contributed by atoms with Gasteiger partial charge in [-0.05, 0) is 13.3 Å². The number of rotatable bonds is 2. The zero-order chi connectivity index (χ0) is 7.49. The molecule has 0 spiro atoms. The number of halogens is 1. The monoisotopic (exact) mass is 168 g/mol. The standard InChI is InChI=1S/C5H9ClO2S/c1-3-4-5(2)9(6,7)8/h4H,3H2,1-2H3. The molecule has 9 heavy (non-hydrogen) atoms. The second kappa shape index (κ2) is 3.22. The molecule has 0 radical (unpaired) electrons. The van der Waals surface area contributed by atoms with Crippen LogP contribution < -0.4 is 0 Å². The van der Waals surface area contributed by atoms with Crippen molar-refractivity contribution in [3.8, 4) is 0 Å². The van der Waals surface area contributed by atoms with Gasteiger partial charge in [0.1, 0.15) is 0 Å². The van der Waals surface area contributed by atoms with Crippen LogP contribution in [0.5, 0.6) is 0 Å². The van der Waals surface area contributed by atoms with Crippen molar-refractivity contribution in [3.05, 3.63) is 11.0 Å². The van der Waals surface area contributed by atoms with Crippen molar-refractivity contribution in [2.45, 2.75) is 20.3 Å². The molecule has 0 N–H and O–H groups in total. The van der Waals surface area contributed by atoms with Crippen molar-refractivity contribution >= 4 is 19.7 Å². The van der Waals surface area contributed by atoms with Crippen LogP contribution >= 0.6 is 10.7 Å². The van der Waals surface area contributed by atoms with Crippen LogP contribution in [-0.4, -0.2) is 8.42 Å². The fraction of sp³-hybridized carbons (Fsp3) is 0.600. The summed E-state index contributed by atoms with van der Waals surface area (Å²) in [6.07, 6.45) is 2.26. The minimum Gasteiger partial charge on any atom is -0.207 e. The van der Waals surface area contributed by atoms with Gasteiger partial charge < -0.3 is 0 Å². The van der Waals surface area contributed by atoms with Crippen LogP contribution in [0.3, 0.4) is 0 Å². The molecular weight excluding hydrogens is 160 g/mol. The van der Waals surface area contributed by atoms with Gasteiger partial charge in [0.25, 0.3) is 9.05 Å². The summed E-state index contributed by atoms with van der Waals surface area (Å²) >= 11 is 0. The van der Waals surface area contributed by atoms with Gasteiger partial charge in [0.2, 0.25) is 0 Å². The second-order valence-corrected chi connectivity index (χ2v) is 4.40. The lowest BCUT2D eigenvalue weighted by molar-refractivity contribution is 0.614. The highest BCUT2D eigenvalue weighted by Crippen LogP contribution is 2.10. The molecule has 0 bridgehead atoms. The molecule has 54 valence electrons. The van der Waals surface area contributed by atoms with Crippen molar-refractivity contribution in [1.29, 1.82) is 0 Å². The Hall–Kier alpha value is -0.0200. The van der Waals surface area contributed by atoms with Gasteiger partial charge in [-0.25, -0.2) is 8.42 Å². The van der Waals surface area contributed by atoms with Gasteiger partial charge in [-0.3, -0.25) is 0 Å². The van der Waals surface area contributed by atoms with E-state index in [1.165, 1.54) is 6.92 Å². The SMILES string of the molecule is CCC=C(C)S(=O)(=O)Cl. The molecule has 0 saturated heterocycles. The maximum atomic E-state index is 10.4. The van der Waals surface area contributed by atoms with Crippen molar-refractivity contribution < 1.29 is 8.42 Å². The fourth-order valence-corrected chi connectivity index (χ4v) is 0.942. The molecule has 0 heterocycles. The third-order valence-corrected chi connectivity index (χ3v) is 2.54. The molecule has 0 atom stereocenters. The van der Waals surface area contributed by atoms with Gasteiger partial charge in [0.15, 0.2) is 0 Å². The fourth-order valence-electron chi connectivity index (χ4n) is 0.387. The summed E-state index contributed by atoms with van der Waals surface area (Å²) in [4.78, 5) is 0.228. The Kier molecular flexibility index (Phi) is 3.22. The highest BCUT2D eigenvalue weighted by Gasteiger charge is 2.05. The quantitative estimate of drug-likeness (QED) is 0.590. The molecule has 0 aromatic rings. The topological polar surface area (TPSA) is 34.1 Å². The molecule has 4 heteroatoms. The van der Waals surface area contributed by atoms with E-state index < -0.39 is 9.05 Å². The van der Waals surface area contributed by atoms with E-state index in [9.17, 15) is 8.42 Å². The summed E-state index contributed by atoms with van der Waals surface area (Å²) in [6.45, 7) is 3.33. The second-order valence-electron chi connectivity index (χ2n) is 1.66. The average molecular weight is 169 g/mol. The van der Waals surface area contributed by atoms with E-state index in [4.69, 9.17) is 10.7 Å². The minimum atomic E-state index is -3.43. The summed E-state index contributed by atoms with van der Waals surface area (Å²) in [7, 11) is 1.53. The summed E-state index contributed by atoms with van der Waals surface area (Å²) in [5.41, 5.74) is 0. The minimum absolute atomic E-state index is 0.228. The molecule has 0 aromatic heterocycles. The Labute approximate surface area is 59.9 Å². The third kappa shape index (κ3) is 3.54. The smallest absolute Gasteiger partial charge is 0.207 e. The zero-order valence-corrected chi connectivity index (χ0v) is 6.96. The van der Waals surface area contributed by atoms with Crippen molar-refractivity contribution in [2.75, 3.05) is 0 Å². The number of hydrogen-bond donors (Lipinski definition) is 0. The van der Waals surface area contributed by atoms with E-state index in [-0.39, 0.29) is 4.91 Å². The zero-order valence-electron chi connectivity index (χ0n) is 5.39. The molecule has 0 aliphatic carbocycles. The van der Waals surface area contributed by atoms with Crippen molar-refractivity contribution in [1.82, 2.24) is 0 Å². The van der Waals surface area contributed by atoms with Gasteiger partial charge in [-0.1, -0.05) is 13.0 Å². The normalized spacial score (nSPS) is 13.9.